The Morgan fingerprint density at radius 1 is 1.36 bits per heavy atom. The first-order valence-electron chi connectivity index (χ1n) is 5.78. The monoisotopic (exact) mass is 197 g/mol. The third-order valence-electron chi connectivity index (χ3n) is 3.50. The summed E-state index contributed by atoms with van der Waals surface area (Å²) in [6.45, 7) is 2.08. The van der Waals surface area contributed by atoms with Crippen molar-refractivity contribution in [3.63, 3.8) is 0 Å². The van der Waals surface area contributed by atoms with Crippen molar-refractivity contribution in [3.8, 4) is 0 Å². The Morgan fingerprint density at radius 3 is 2.71 bits per heavy atom. The largest absolute Gasteiger partial charge is 0.444 e. The molecular formula is C11H19NO2. The van der Waals surface area contributed by atoms with Gasteiger partial charge in [0.25, 0.3) is 0 Å². The number of carbonyl (C=O) groups is 1. The van der Waals surface area contributed by atoms with Crippen molar-refractivity contribution in [2.75, 3.05) is 0 Å². The van der Waals surface area contributed by atoms with Crippen LogP contribution in [-0.4, -0.2) is 18.2 Å². The number of nitrogens with one attached hydrogen (secondary N) is 1. The summed E-state index contributed by atoms with van der Waals surface area (Å²) in [5.41, 5.74) is 0. The fourth-order valence-corrected chi connectivity index (χ4v) is 2.73. The molecule has 1 heterocycles. The van der Waals surface area contributed by atoms with Crippen LogP contribution in [0.5, 0.6) is 0 Å². The Kier molecular flexibility index (Phi) is 2.94. The molecule has 3 nitrogen and oxygen atoms in total. The van der Waals surface area contributed by atoms with Crippen LogP contribution in [0.2, 0.25) is 0 Å². The molecule has 2 aliphatic rings. The number of rotatable bonds is 2. The average molecular weight is 197 g/mol. The molecule has 0 unspecified atom stereocenters. The maximum Gasteiger partial charge on any atom is 0.407 e. The summed E-state index contributed by atoms with van der Waals surface area (Å²) in [7, 11) is 0. The second-order valence-electron chi connectivity index (χ2n) is 4.42. The topological polar surface area (TPSA) is 38.3 Å². The van der Waals surface area contributed by atoms with Gasteiger partial charge in [-0.2, -0.15) is 0 Å². The van der Waals surface area contributed by atoms with Gasteiger partial charge in [-0.15, -0.1) is 0 Å². The number of hydrogen-bond donors (Lipinski definition) is 1. The van der Waals surface area contributed by atoms with Gasteiger partial charge in [0, 0.05) is 0 Å². The van der Waals surface area contributed by atoms with Gasteiger partial charge in [0.2, 0.25) is 0 Å². The summed E-state index contributed by atoms with van der Waals surface area (Å²) in [6, 6.07) is 0.285. The van der Waals surface area contributed by atoms with Crippen molar-refractivity contribution >= 4 is 6.09 Å². The van der Waals surface area contributed by atoms with Crippen LogP contribution < -0.4 is 5.32 Å². The molecule has 1 aliphatic carbocycles. The van der Waals surface area contributed by atoms with Gasteiger partial charge in [-0.25, -0.2) is 4.79 Å². The van der Waals surface area contributed by atoms with E-state index in [-0.39, 0.29) is 18.2 Å². The van der Waals surface area contributed by atoms with Crippen LogP contribution in [0, 0.1) is 5.92 Å². The quantitative estimate of drug-likeness (QED) is 0.738. The minimum absolute atomic E-state index is 0.116. The first-order chi connectivity index (χ1) is 6.81. The maximum absolute atomic E-state index is 11.1. The molecule has 2 fully saturated rings. The lowest BCUT2D eigenvalue weighted by molar-refractivity contribution is 0.114. The van der Waals surface area contributed by atoms with Crippen molar-refractivity contribution in [1.82, 2.24) is 5.32 Å². The summed E-state index contributed by atoms with van der Waals surface area (Å²) in [5.74, 6) is 0.653. The molecule has 0 radical (unpaired) electrons. The van der Waals surface area contributed by atoms with E-state index in [2.05, 4.69) is 12.2 Å². The molecule has 1 amide bonds. The lowest BCUT2D eigenvalue weighted by atomic mass is 9.81. The van der Waals surface area contributed by atoms with E-state index in [1.54, 1.807) is 0 Å². The number of carbonyl (C=O) groups excluding carboxylic acids is 1. The van der Waals surface area contributed by atoms with Gasteiger partial charge < -0.3 is 10.1 Å². The van der Waals surface area contributed by atoms with Gasteiger partial charge in [-0.3, -0.25) is 0 Å². The zero-order valence-corrected chi connectivity index (χ0v) is 8.79. The zero-order valence-electron chi connectivity index (χ0n) is 8.79. The normalized spacial score (nSPS) is 33.9. The van der Waals surface area contributed by atoms with Crippen molar-refractivity contribution in [2.24, 2.45) is 5.92 Å². The van der Waals surface area contributed by atoms with Gasteiger partial charge in [-0.05, 0) is 25.2 Å². The van der Waals surface area contributed by atoms with Crippen LogP contribution in [0.4, 0.5) is 4.79 Å². The predicted octanol–water partition coefficient (Wildman–Crippen LogP) is 2.45. The molecule has 0 aromatic carbocycles. The summed E-state index contributed by atoms with van der Waals surface area (Å²) >= 11 is 0. The molecule has 0 aromatic rings. The van der Waals surface area contributed by atoms with E-state index in [0.29, 0.717) is 5.92 Å². The first-order valence-corrected chi connectivity index (χ1v) is 5.78. The van der Waals surface area contributed by atoms with E-state index in [4.69, 9.17) is 4.74 Å². The van der Waals surface area contributed by atoms with Crippen LogP contribution >= 0.6 is 0 Å². The second kappa shape index (κ2) is 4.20. The highest BCUT2D eigenvalue weighted by Gasteiger charge is 2.38. The highest BCUT2D eigenvalue weighted by atomic mass is 16.6. The molecule has 0 aromatic heterocycles. The van der Waals surface area contributed by atoms with E-state index >= 15 is 0 Å². The predicted molar refractivity (Wildman–Crippen MR) is 54.1 cm³/mol. The molecule has 1 saturated carbocycles. The minimum Gasteiger partial charge on any atom is -0.444 e. The molecule has 2 rings (SSSR count). The van der Waals surface area contributed by atoms with E-state index in [1.165, 1.54) is 32.1 Å². The van der Waals surface area contributed by atoms with Gasteiger partial charge in [0.1, 0.15) is 6.10 Å². The van der Waals surface area contributed by atoms with E-state index in [9.17, 15) is 4.79 Å². The third-order valence-corrected chi connectivity index (χ3v) is 3.50. The highest BCUT2D eigenvalue weighted by molar-refractivity contribution is 5.70. The van der Waals surface area contributed by atoms with Crippen LogP contribution in [0.15, 0.2) is 0 Å². The van der Waals surface area contributed by atoms with Gasteiger partial charge in [0.15, 0.2) is 0 Å². The molecule has 1 N–H and O–H groups in total. The van der Waals surface area contributed by atoms with Crippen LogP contribution in [0.25, 0.3) is 0 Å². The van der Waals surface area contributed by atoms with Crippen LogP contribution in [0.1, 0.15) is 45.4 Å². The molecule has 14 heavy (non-hydrogen) atoms. The van der Waals surface area contributed by atoms with Gasteiger partial charge in [-0.1, -0.05) is 26.2 Å². The zero-order chi connectivity index (χ0) is 9.97. The molecule has 80 valence electrons. The SMILES string of the molecule is CC[C@@H]1OC(=O)N[C@@H]1C1CCCCC1. The van der Waals surface area contributed by atoms with Crippen LogP contribution in [0.3, 0.4) is 0 Å². The molecular weight excluding hydrogens is 178 g/mol. The Balaban J connectivity index is 1.97. The number of cyclic esters (lactones) is 1. The Bertz CT molecular complexity index is 211. The summed E-state index contributed by atoms with van der Waals surface area (Å²) in [6.07, 6.45) is 7.32. The summed E-state index contributed by atoms with van der Waals surface area (Å²) in [5, 5.41) is 2.96. The number of ether oxygens (including phenoxy) is 1. The molecule has 1 aliphatic heterocycles. The first kappa shape index (κ1) is 9.81. The molecule has 2 atom stereocenters. The van der Waals surface area contributed by atoms with Crippen LogP contribution in [-0.2, 0) is 4.74 Å². The lowest BCUT2D eigenvalue weighted by Crippen LogP contribution is -2.39. The third kappa shape index (κ3) is 1.86. The Hall–Kier alpha value is -0.730. The fraction of sp³-hybridized carbons (Fsp3) is 0.909. The lowest BCUT2D eigenvalue weighted by Gasteiger charge is -2.28. The minimum atomic E-state index is -0.215. The van der Waals surface area contributed by atoms with E-state index in [1.807, 2.05) is 0 Å². The maximum atomic E-state index is 11.1. The van der Waals surface area contributed by atoms with Gasteiger partial charge in [0.05, 0.1) is 6.04 Å². The molecule has 3 heteroatoms. The molecule has 0 bridgehead atoms. The summed E-state index contributed by atoms with van der Waals surface area (Å²) < 4.78 is 5.23. The van der Waals surface area contributed by atoms with Crippen molar-refractivity contribution < 1.29 is 9.53 Å². The second-order valence-corrected chi connectivity index (χ2v) is 4.42. The number of amides is 1. The van der Waals surface area contributed by atoms with Gasteiger partial charge >= 0.3 is 6.09 Å². The van der Waals surface area contributed by atoms with Crippen molar-refractivity contribution in [3.05, 3.63) is 0 Å². The van der Waals surface area contributed by atoms with E-state index in [0.717, 1.165) is 6.42 Å². The molecule has 1 saturated heterocycles. The number of hydrogen-bond acceptors (Lipinski definition) is 2. The smallest absolute Gasteiger partial charge is 0.407 e. The van der Waals surface area contributed by atoms with Crippen molar-refractivity contribution in [2.45, 2.75) is 57.6 Å². The Morgan fingerprint density at radius 2 is 2.07 bits per heavy atom. The Labute approximate surface area is 85.2 Å². The fourth-order valence-electron chi connectivity index (χ4n) is 2.73. The standard InChI is InChI=1S/C11H19NO2/c1-2-9-10(12-11(13)14-9)8-6-4-3-5-7-8/h8-10H,2-7H2,1H3,(H,12,13)/t9-,10+/m0/s1. The number of alkyl carbamates (subject to hydrolysis) is 1. The van der Waals surface area contributed by atoms with E-state index < -0.39 is 0 Å². The molecule has 0 spiro atoms. The highest BCUT2D eigenvalue weighted by Crippen LogP contribution is 2.31. The average Bonchev–Trinajstić information content (AvgIpc) is 2.61. The van der Waals surface area contributed by atoms with Crippen molar-refractivity contribution in [1.29, 1.82) is 0 Å². The summed E-state index contributed by atoms with van der Waals surface area (Å²) in [4.78, 5) is 11.1.